The van der Waals surface area contributed by atoms with Crippen molar-refractivity contribution >= 4 is 46.1 Å². The number of piperidine rings is 2. The van der Waals surface area contributed by atoms with Crippen LogP contribution in [0.1, 0.15) is 66.8 Å². The number of benzene rings is 1. The van der Waals surface area contributed by atoms with E-state index in [1.165, 1.54) is 22.2 Å². The molecule has 0 saturated carbocycles. The Morgan fingerprint density at radius 2 is 1.76 bits per heavy atom. The van der Waals surface area contributed by atoms with Crippen molar-refractivity contribution in [1.29, 1.82) is 0 Å². The summed E-state index contributed by atoms with van der Waals surface area (Å²) < 4.78 is 8.62. The summed E-state index contributed by atoms with van der Waals surface area (Å²) in [4.78, 5) is 67.8. The van der Waals surface area contributed by atoms with E-state index in [0.29, 0.717) is 67.2 Å². The molecule has 4 aromatic heterocycles. The maximum Gasteiger partial charge on any atom is 0.413 e. The highest BCUT2D eigenvalue weighted by molar-refractivity contribution is 7.17. The number of carbonyl (C=O) groups is 3. The molecule has 2 saturated heterocycles. The van der Waals surface area contributed by atoms with Crippen molar-refractivity contribution in [1.82, 2.24) is 28.9 Å². The summed E-state index contributed by atoms with van der Waals surface area (Å²) in [5, 5.41) is 14.7. The van der Waals surface area contributed by atoms with Crippen LogP contribution in [0.3, 0.4) is 0 Å². The molecule has 13 nitrogen and oxygen atoms in total. The van der Waals surface area contributed by atoms with Gasteiger partial charge >= 0.3 is 6.09 Å². The van der Waals surface area contributed by atoms with E-state index in [-0.39, 0.29) is 35.8 Å². The minimum Gasteiger partial charge on any atom is -0.444 e. The molecule has 0 unspecified atom stereocenters. The average Bonchev–Trinajstić information content (AvgIpc) is 3.74. The molecule has 5 aromatic rings. The fourth-order valence-electron chi connectivity index (χ4n) is 7.66. The van der Waals surface area contributed by atoms with Gasteiger partial charge in [0.2, 0.25) is 5.91 Å². The number of aromatic nitrogens is 4. The van der Waals surface area contributed by atoms with Gasteiger partial charge in [-0.1, -0.05) is 30.3 Å². The predicted molar refractivity (Wildman–Crippen MR) is 211 cm³/mol. The molecule has 0 spiro atoms. The Labute approximate surface area is 323 Å². The van der Waals surface area contributed by atoms with E-state index in [4.69, 9.17) is 4.74 Å². The Bertz CT molecular complexity index is 2280. The van der Waals surface area contributed by atoms with E-state index in [2.05, 4.69) is 15.3 Å². The number of fused-ring (bicyclic) bond motifs is 1. The third kappa shape index (κ3) is 8.20. The predicted octanol–water partition coefficient (Wildman–Crippen LogP) is 5.81. The van der Waals surface area contributed by atoms with Crippen LogP contribution >= 0.6 is 11.3 Å². The molecule has 0 aliphatic carbocycles. The lowest BCUT2D eigenvalue weighted by molar-refractivity contribution is -0.142. The molecule has 2 N–H and O–H groups in total. The number of nitrogens with one attached hydrogen (secondary N) is 1. The number of aryl methyl sites for hydroxylation is 2. The monoisotopic (exact) mass is 765 g/mol. The van der Waals surface area contributed by atoms with Crippen LogP contribution in [0.5, 0.6) is 0 Å². The summed E-state index contributed by atoms with van der Waals surface area (Å²) >= 11 is 1.39. The van der Waals surface area contributed by atoms with Crippen LogP contribution in [-0.2, 0) is 23.1 Å². The summed E-state index contributed by atoms with van der Waals surface area (Å²) in [6.07, 6.45) is 5.46. The van der Waals surface area contributed by atoms with E-state index in [1.54, 1.807) is 49.9 Å². The molecule has 1 aromatic carbocycles. The summed E-state index contributed by atoms with van der Waals surface area (Å²) in [6, 6.07) is 17.2. The highest BCUT2D eigenvalue weighted by Crippen LogP contribution is 2.38. The molecule has 0 radical (unpaired) electrons. The number of anilines is 1. The van der Waals surface area contributed by atoms with E-state index in [1.807, 2.05) is 66.2 Å². The molecular formula is C41H47N7O6S. The van der Waals surface area contributed by atoms with Crippen LogP contribution < -0.4 is 10.9 Å². The zero-order valence-electron chi connectivity index (χ0n) is 31.8. The summed E-state index contributed by atoms with van der Waals surface area (Å²) in [7, 11) is 1.83. The van der Waals surface area contributed by atoms with Gasteiger partial charge in [0.05, 0.1) is 22.4 Å². The Kier molecular flexibility index (Phi) is 10.4. The van der Waals surface area contributed by atoms with Gasteiger partial charge in [-0.05, 0) is 87.9 Å². The normalized spacial score (nSPS) is 18.7. The van der Waals surface area contributed by atoms with Crippen molar-refractivity contribution in [3.05, 3.63) is 99.7 Å². The van der Waals surface area contributed by atoms with Crippen molar-refractivity contribution in [2.24, 2.45) is 13.0 Å². The number of amides is 3. The van der Waals surface area contributed by atoms with Gasteiger partial charge in [0.15, 0.2) is 0 Å². The zero-order chi connectivity index (χ0) is 39.1. The maximum atomic E-state index is 14.3. The smallest absolute Gasteiger partial charge is 0.413 e. The molecule has 3 amide bonds. The van der Waals surface area contributed by atoms with E-state index >= 15 is 0 Å². The molecule has 7 rings (SSSR count). The third-order valence-electron chi connectivity index (χ3n) is 10.6. The largest absolute Gasteiger partial charge is 0.444 e. The lowest BCUT2D eigenvalue weighted by Crippen LogP contribution is -2.53. The Morgan fingerprint density at radius 1 is 1.02 bits per heavy atom. The fraction of sp³-hybridized carbons (Fsp3) is 0.415. The fourth-order valence-corrected chi connectivity index (χ4v) is 8.79. The first-order valence-corrected chi connectivity index (χ1v) is 19.4. The quantitative estimate of drug-likeness (QED) is 0.211. The lowest BCUT2D eigenvalue weighted by atomic mass is 9.79. The van der Waals surface area contributed by atoms with Crippen molar-refractivity contribution in [3.8, 4) is 10.4 Å². The van der Waals surface area contributed by atoms with Crippen molar-refractivity contribution < 1.29 is 24.2 Å². The highest BCUT2D eigenvalue weighted by Gasteiger charge is 2.42. The number of hydrogen-bond donors (Lipinski definition) is 2. The number of likely N-dealkylation sites (tertiary alicyclic amines) is 2. The molecule has 14 heteroatoms. The first-order valence-electron chi connectivity index (χ1n) is 18.6. The lowest BCUT2D eigenvalue weighted by Gasteiger charge is -2.43. The van der Waals surface area contributed by atoms with Gasteiger partial charge in [-0.15, -0.1) is 11.3 Å². The number of rotatable bonds is 7. The van der Waals surface area contributed by atoms with E-state index in [9.17, 15) is 24.3 Å². The van der Waals surface area contributed by atoms with Gasteiger partial charge in [0, 0.05) is 62.3 Å². The second kappa shape index (κ2) is 15.1. The number of thiophene rings is 1. The average molecular weight is 766 g/mol. The Morgan fingerprint density at radius 3 is 2.49 bits per heavy atom. The molecule has 55 heavy (non-hydrogen) atoms. The van der Waals surface area contributed by atoms with Gasteiger partial charge in [0.1, 0.15) is 23.4 Å². The van der Waals surface area contributed by atoms with E-state index in [0.717, 1.165) is 21.6 Å². The first kappa shape index (κ1) is 38.0. The third-order valence-corrected chi connectivity index (χ3v) is 11.8. The van der Waals surface area contributed by atoms with Gasteiger partial charge in [-0.3, -0.25) is 24.3 Å². The molecule has 0 bridgehead atoms. The molecule has 6 heterocycles. The SMILES string of the molecule is Cc1cc(-c2ccnc(NC(=O)OC(C)(C)C)c2)sc1C(=O)N1CC[C@@H](C(=O)N2CCC(O)(Cn3cnc4c(ccn4C)c3=O)CC2)[C@H](c2ccccc2)C1. The topological polar surface area (TPSA) is 152 Å². The van der Waals surface area contributed by atoms with Crippen LogP contribution in [0, 0.1) is 12.8 Å². The zero-order valence-corrected chi connectivity index (χ0v) is 32.6. The van der Waals surface area contributed by atoms with E-state index < -0.39 is 17.3 Å². The standard InChI is InChI=1S/C41H47N7O6S/c1-26-21-32(28-11-16-42-33(22-28)44-39(52)54-40(2,3)4)55-34(26)38(51)47-18-13-29(31(23-47)27-9-7-6-8-10-27)36(49)46-19-14-41(53,15-20-46)24-48-25-43-35-30(37(48)50)12-17-45(35)5/h6-12,16-17,21-22,25,29,31,53H,13-15,18-20,23-24H2,1-5H3,(H,42,44,52)/t29-,31+/m1/s1. The van der Waals surface area contributed by atoms with Crippen molar-refractivity contribution in [3.63, 3.8) is 0 Å². The van der Waals surface area contributed by atoms with Crippen LogP contribution in [-0.4, -0.2) is 89.3 Å². The van der Waals surface area contributed by atoms with Gasteiger partial charge in [-0.2, -0.15) is 0 Å². The van der Waals surface area contributed by atoms with Crippen LogP contribution in [0.2, 0.25) is 0 Å². The summed E-state index contributed by atoms with van der Waals surface area (Å²) in [5.74, 6) is -0.258. The van der Waals surface area contributed by atoms with Gasteiger partial charge in [0.25, 0.3) is 11.5 Å². The van der Waals surface area contributed by atoms with Crippen LogP contribution in [0.4, 0.5) is 10.6 Å². The molecule has 2 fully saturated rings. The molecule has 2 aliphatic heterocycles. The number of pyridine rings is 1. The second-order valence-corrected chi connectivity index (χ2v) is 16.8. The molecular weight excluding hydrogens is 719 g/mol. The van der Waals surface area contributed by atoms with Crippen molar-refractivity contribution in [2.75, 3.05) is 31.5 Å². The Balaban J connectivity index is 1.03. The number of nitrogens with zero attached hydrogens (tertiary/aromatic N) is 6. The summed E-state index contributed by atoms with van der Waals surface area (Å²) in [6.45, 7) is 8.96. The minimum absolute atomic E-state index is 0.0237. The molecule has 288 valence electrons. The first-order chi connectivity index (χ1) is 26.2. The minimum atomic E-state index is -1.15. The maximum absolute atomic E-state index is 14.3. The number of aliphatic hydroxyl groups is 1. The van der Waals surface area contributed by atoms with Crippen LogP contribution in [0.15, 0.2) is 78.1 Å². The van der Waals surface area contributed by atoms with Gasteiger partial charge < -0.3 is 24.2 Å². The number of carbonyl (C=O) groups excluding carboxylic acids is 3. The Hall–Kier alpha value is -5.34. The highest BCUT2D eigenvalue weighted by atomic mass is 32.1. The van der Waals surface area contributed by atoms with Crippen molar-refractivity contribution in [2.45, 2.75) is 70.6 Å². The summed E-state index contributed by atoms with van der Waals surface area (Å²) in [5.41, 5.74) is 1.26. The van der Waals surface area contributed by atoms with Crippen LogP contribution in [0.25, 0.3) is 21.5 Å². The number of ether oxygens (including phenoxy) is 1. The second-order valence-electron chi connectivity index (χ2n) is 15.7. The number of hydrogen-bond acceptors (Lipinski definition) is 9. The molecule has 2 aliphatic rings. The molecule has 2 atom stereocenters. The van der Waals surface area contributed by atoms with Gasteiger partial charge in [-0.25, -0.2) is 14.8 Å².